The van der Waals surface area contributed by atoms with Crippen molar-refractivity contribution in [3.05, 3.63) is 65.2 Å². The summed E-state index contributed by atoms with van der Waals surface area (Å²) in [6.45, 7) is 3.93. The molecule has 1 heterocycles. The van der Waals surface area contributed by atoms with Gasteiger partial charge in [-0.25, -0.2) is 4.79 Å². The average molecular weight is 352 g/mol. The molecule has 0 bridgehead atoms. The van der Waals surface area contributed by atoms with Crippen LogP contribution in [0.5, 0.6) is 0 Å². The van der Waals surface area contributed by atoms with E-state index in [4.69, 9.17) is 5.73 Å². The minimum absolute atomic E-state index is 0.262. The van der Waals surface area contributed by atoms with Crippen LogP contribution >= 0.6 is 0 Å². The fourth-order valence-corrected chi connectivity index (χ4v) is 3.17. The number of benzene rings is 2. The van der Waals surface area contributed by atoms with Crippen molar-refractivity contribution in [2.24, 2.45) is 5.73 Å². The summed E-state index contributed by atoms with van der Waals surface area (Å²) in [5.74, 6) is -0.262. The maximum atomic E-state index is 11.9. The van der Waals surface area contributed by atoms with Gasteiger partial charge in [0.2, 0.25) is 5.91 Å². The molecule has 3 amide bonds. The van der Waals surface area contributed by atoms with Crippen LogP contribution in [0.25, 0.3) is 0 Å². The second kappa shape index (κ2) is 7.91. The Kier molecular flexibility index (Phi) is 5.41. The van der Waals surface area contributed by atoms with Gasteiger partial charge in [-0.3, -0.25) is 4.79 Å². The van der Waals surface area contributed by atoms with Crippen LogP contribution in [0.3, 0.4) is 0 Å². The molecule has 0 unspecified atom stereocenters. The first-order valence-electron chi connectivity index (χ1n) is 8.77. The number of para-hydroxylation sites is 1. The van der Waals surface area contributed by atoms with E-state index in [1.807, 2.05) is 12.1 Å². The van der Waals surface area contributed by atoms with Gasteiger partial charge in [0.1, 0.15) is 6.04 Å². The lowest BCUT2D eigenvalue weighted by Crippen LogP contribution is -2.46. The number of amides is 3. The zero-order chi connectivity index (χ0) is 18.5. The van der Waals surface area contributed by atoms with Crippen molar-refractivity contribution in [2.45, 2.75) is 32.5 Å². The molecule has 6 nitrogen and oxygen atoms in total. The molecule has 0 fully saturated rings. The van der Waals surface area contributed by atoms with E-state index in [9.17, 15) is 9.59 Å². The first kappa shape index (κ1) is 17.8. The zero-order valence-electron chi connectivity index (χ0n) is 14.9. The lowest BCUT2D eigenvalue weighted by Gasteiger charge is -2.19. The number of hydrogen-bond donors (Lipinski definition) is 3. The SMILES string of the molecule is C[C@@H](NC(N)=O)C(=O)NCc1ccc(CN2CCc3ccccc32)cc1. The van der Waals surface area contributed by atoms with Crippen molar-refractivity contribution in [3.8, 4) is 0 Å². The normalized spacial score (nSPS) is 13.8. The van der Waals surface area contributed by atoms with Crippen LogP contribution in [0.1, 0.15) is 23.6 Å². The topological polar surface area (TPSA) is 87.5 Å². The van der Waals surface area contributed by atoms with Crippen LogP contribution in [0.2, 0.25) is 0 Å². The van der Waals surface area contributed by atoms with Gasteiger partial charge in [-0.1, -0.05) is 42.5 Å². The van der Waals surface area contributed by atoms with Crippen LogP contribution < -0.4 is 21.3 Å². The van der Waals surface area contributed by atoms with Crippen LogP contribution in [-0.2, 0) is 24.3 Å². The highest BCUT2D eigenvalue weighted by atomic mass is 16.2. The number of nitrogens with zero attached hydrogens (tertiary/aromatic N) is 1. The molecular formula is C20H24N4O2. The number of anilines is 1. The number of nitrogens with one attached hydrogen (secondary N) is 2. The molecule has 3 rings (SSSR count). The van der Waals surface area contributed by atoms with Gasteiger partial charge in [0.25, 0.3) is 0 Å². The summed E-state index contributed by atoms with van der Waals surface area (Å²) in [6, 6.07) is 15.4. The van der Waals surface area contributed by atoms with Crippen molar-refractivity contribution in [2.75, 3.05) is 11.4 Å². The van der Waals surface area contributed by atoms with E-state index >= 15 is 0 Å². The number of nitrogens with two attached hydrogens (primary N) is 1. The zero-order valence-corrected chi connectivity index (χ0v) is 14.9. The van der Waals surface area contributed by atoms with Crippen LogP contribution in [-0.4, -0.2) is 24.5 Å². The van der Waals surface area contributed by atoms with Gasteiger partial charge >= 0.3 is 6.03 Å². The average Bonchev–Trinajstić information content (AvgIpc) is 3.03. The van der Waals surface area contributed by atoms with Gasteiger partial charge in [-0.2, -0.15) is 0 Å². The Balaban J connectivity index is 1.53. The van der Waals surface area contributed by atoms with Crippen molar-refractivity contribution in [3.63, 3.8) is 0 Å². The van der Waals surface area contributed by atoms with Gasteiger partial charge < -0.3 is 21.3 Å². The van der Waals surface area contributed by atoms with Crippen molar-refractivity contribution in [1.82, 2.24) is 10.6 Å². The summed E-state index contributed by atoms with van der Waals surface area (Å²) in [6.07, 6.45) is 1.10. The molecule has 26 heavy (non-hydrogen) atoms. The highest BCUT2D eigenvalue weighted by molar-refractivity contribution is 5.86. The minimum Gasteiger partial charge on any atom is -0.367 e. The molecule has 2 aromatic rings. The summed E-state index contributed by atoms with van der Waals surface area (Å²) in [5.41, 5.74) is 9.99. The van der Waals surface area contributed by atoms with Gasteiger partial charge in [0.05, 0.1) is 0 Å². The van der Waals surface area contributed by atoms with E-state index in [0.717, 1.165) is 25.1 Å². The fourth-order valence-electron chi connectivity index (χ4n) is 3.17. The number of carbonyl (C=O) groups is 2. The highest BCUT2D eigenvalue weighted by Gasteiger charge is 2.18. The van der Waals surface area contributed by atoms with E-state index in [2.05, 4.69) is 51.9 Å². The number of hydrogen-bond acceptors (Lipinski definition) is 3. The summed E-state index contributed by atoms with van der Waals surface area (Å²) in [4.78, 5) is 25.0. The molecule has 0 saturated heterocycles. The van der Waals surface area contributed by atoms with Crippen LogP contribution in [0.4, 0.5) is 10.5 Å². The third-order valence-electron chi connectivity index (χ3n) is 4.60. The fraction of sp³-hybridized carbons (Fsp3) is 0.300. The van der Waals surface area contributed by atoms with E-state index in [-0.39, 0.29) is 5.91 Å². The molecule has 0 saturated carbocycles. The van der Waals surface area contributed by atoms with Crippen LogP contribution in [0, 0.1) is 0 Å². The van der Waals surface area contributed by atoms with E-state index in [0.29, 0.717) is 6.54 Å². The predicted molar refractivity (Wildman–Crippen MR) is 102 cm³/mol. The van der Waals surface area contributed by atoms with E-state index in [1.54, 1.807) is 6.92 Å². The third kappa shape index (κ3) is 4.33. The molecule has 0 aromatic heterocycles. The molecular weight excluding hydrogens is 328 g/mol. The van der Waals surface area contributed by atoms with Crippen LogP contribution in [0.15, 0.2) is 48.5 Å². The molecule has 1 atom stereocenters. The van der Waals surface area contributed by atoms with Gasteiger partial charge in [-0.15, -0.1) is 0 Å². The lowest BCUT2D eigenvalue weighted by atomic mass is 10.1. The first-order valence-corrected chi connectivity index (χ1v) is 8.77. The number of fused-ring (bicyclic) bond motifs is 1. The van der Waals surface area contributed by atoms with Crippen molar-refractivity contribution in [1.29, 1.82) is 0 Å². The Morgan fingerprint density at radius 1 is 1.12 bits per heavy atom. The maximum Gasteiger partial charge on any atom is 0.312 e. The Bertz CT molecular complexity index is 789. The Hall–Kier alpha value is -3.02. The number of urea groups is 1. The standard InChI is InChI=1S/C20H24N4O2/c1-14(23-20(21)26)19(25)22-12-15-6-8-16(9-7-15)13-24-11-10-17-4-2-3-5-18(17)24/h2-9,14H,10-13H2,1H3,(H,22,25)(H3,21,23,26)/t14-/m1/s1. The largest absolute Gasteiger partial charge is 0.367 e. The Morgan fingerprint density at radius 3 is 2.54 bits per heavy atom. The highest BCUT2D eigenvalue weighted by Crippen LogP contribution is 2.28. The Labute approximate surface area is 153 Å². The lowest BCUT2D eigenvalue weighted by molar-refractivity contribution is -0.122. The third-order valence-corrected chi connectivity index (χ3v) is 4.60. The minimum atomic E-state index is -0.708. The van der Waals surface area contributed by atoms with Crippen molar-refractivity contribution < 1.29 is 9.59 Å². The van der Waals surface area contributed by atoms with E-state index < -0.39 is 12.1 Å². The summed E-state index contributed by atoms with van der Waals surface area (Å²) < 4.78 is 0. The molecule has 136 valence electrons. The Morgan fingerprint density at radius 2 is 1.81 bits per heavy atom. The monoisotopic (exact) mass is 352 g/mol. The maximum absolute atomic E-state index is 11.9. The molecule has 1 aliphatic heterocycles. The molecule has 1 aliphatic rings. The molecule has 0 radical (unpaired) electrons. The molecule has 0 spiro atoms. The van der Waals surface area contributed by atoms with Gasteiger partial charge in [0.15, 0.2) is 0 Å². The number of primary amides is 1. The quantitative estimate of drug-likeness (QED) is 0.742. The summed E-state index contributed by atoms with van der Waals surface area (Å²) in [5, 5.41) is 5.15. The van der Waals surface area contributed by atoms with Crippen molar-refractivity contribution >= 4 is 17.6 Å². The second-order valence-corrected chi connectivity index (χ2v) is 6.56. The summed E-state index contributed by atoms with van der Waals surface area (Å²) >= 11 is 0. The molecule has 6 heteroatoms. The van der Waals surface area contributed by atoms with Gasteiger partial charge in [0, 0.05) is 25.3 Å². The molecule has 2 aromatic carbocycles. The predicted octanol–water partition coefficient (Wildman–Crippen LogP) is 1.92. The first-order chi connectivity index (χ1) is 12.5. The molecule has 0 aliphatic carbocycles. The number of carbonyl (C=O) groups excluding carboxylic acids is 2. The summed E-state index contributed by atoms with van der Waals surface area (Å²) in [7, 11) is 0. The number of rotatable bonds is 6. The van der Waals surface area contributed by atoms with Gasteiger partial charge in [-0.05, 0) is 36.1 Å². The molecule has 4 N–H and O–H groups in total. The van der Waals surface area contributed by atoms with E-state index in [1.165, 1.54) is 16.8 Å². The second-order valence-electron chi connectivity index (χ2n) is 6.56. The smallest absolute Gasteiger partial charge is 0.312 e.